The first kappa shape index (κ1) is 11.9. The summed E-state index contributed by atoms with van der Waals surface area (Å²) in [5.74, 6) is -2.51. The molecule has 0 aromatic carbocycles. The van der Waals surface area contributed by atoms with Crippen LogP contribution in [0, 0.1) is 5.92 Å². The second-order valence-electron chi connectivity index (χ2n) is 2.87. The maximum absolute atomic E-state index is 11.9. The molecule has 1 atom stereocenters. The van der Waals surface area contributed by atoms with E-state index in [4.69, 9.17) is 0 Å². The van der Waals surface area contributed by atoms with Gasteiger partial charge in [-0.2, -0.15) is 13.2 Å². The van der Waals surface area contributed by atoms with Gasteiger partial charge in [-0.05, 0) is 5.92 Å². The molecule has 0 saturated heterocycles. The van der Waals surface area contributed by atoms with Crippen LogP contribution in [0.3, 0.4) is 0 Å². The summed E-state index contributed by atoms with van der Waals surface area (Å²) in [5, 5.41) is 1.84. The van der Waals surface area contributed by atoms with Crippen molar-refractivity contribution in [3.63, 3.8) is 0 Å². The Kier molecular flexibility index (Phi) is 3.90. The largest absolute Gasteiger partial charge is 0.452 e. The van der Waals surface area contributed by atoms with E-state index in [0.717, 1.165) is 0 Å². The Hall–Kier alpha value is -1.07. The normalized spacial score (nSPS) is 14.0. The Labute approximate surface area is 73.3 Å². The van der Waals surface area contributed by atoms with Crippen LogP contribution in [-0.4, -0.2) is 24.4 Å². The Morgan fingerprint density at radius 3 is 2.08 bits per heavy atom. The van der Waals surface area contributed by atoms with Gasteiger partial charge in [-0.15, -0.1) is 0 Å². The van der Waals surface area contributed by atoms with Crippen LogP contribution in [0.5, 0.6) is 0 Å². The van der Waals surface area contributed by atoms with Gasteiger partial charge in [0.25, 0.3) is 5.78 Å². The topological polar surface area (TPSA) is 46.2 Å². The third-order valence-corrected chi connectivity index (χ3v) is 1.48. The molecule has 0 aliphatic rings. The lowest BCUT2D eigenvalue weighted by molar-refractivity contribution is -0.174. The van der Waals surface area contributed by atoms with Gasteiger partial charge in [0, 0.05) is 0 Å². The summed E-state index contributed by atoms with van der Waals surface area (Å²) in [6.45, 7) is 2.84. The van der Waals surface area contributed by atoms with Gasteiger partial charge in [-0.1, -0.05) is 13.8 Å². The van der Waals surface area contributed by atoms with Crippen LogP contribution in [0.4, 0.5) is 13.2 Å². The van der Waals surface area contributed by atoms with Crippen molar-refractivity contribution in [1.82, 2.24) is 5.32 Å². The molecule has 0 aromatic rings. The number of rotatable bonds is 4. The van der Waals surface area contributed by atoms with Gasteiger partial charge in [-0.25, -0.2) is 0 Å². The predicted molar refractivity (Wildman–Crippen MR) is 38.9 cm³/mol. The number of ketones is 1. The molecule has 76 valence electrons. The van der Waals surface area contributed by atoms with E-state index in [0.29, 0.717) is 0 Å². The summed E-state index contributed by atoms with van der Waals surface area (Å²) >= 11 is 0. The zero-order valence-corrected chi connectivity index (χ0v) is 7.18. The summed E-state index contributed by atoms with van der Waals surface area (Å²) in [6.07, 6.45) is -4.81. The van der Waals surface area contributed by atoms with Crippen LogP contribution in [-0.2, 0) is 9.59 Å². The highest BCUT2D eigenvalue weighted by molar-refractivity contribution is 5.90. The number of nitrogens with one attached hydrogen (secondary N) is 1. The quantitative estimate of drug-likeness (QED) is 0.680. The first-order chi connectivity index (χ1) is 5.80. The summed E-state index contributed by atoms with van der Waals surface area (Å²) in [4.78, 5) is 20.6. The summed E-state index contributed by atoms with van der Waals surface area (Å²) < 4.78 is 35.6. The third kappa shape index (κ3) is 3.43. The zero-order chi connectivity index (χ0) is 10.6. The van der Waals surface area contributed by atoms with E-state index in [1.54, 1.807) is 0 Å². The van der Waals surface area contributed by atoms with Crippen molar-refractivity contribution in [2.45, 2.75) is 26.1 Å². The fraction of sp³-hybridized carbons (Fsp3) is 0.714. The maximum Gasteiger partial charge on any atom is 0.452 e. The van der Waals surface area contributed by atoms with E-state index in [1.165, 1.54) is 13.8 Å². The molecule has 0 rings (SSSR count). The SMILES string of the molecule is CC(C)C(NC=O)C(=O)C(F)(F)F. The number of hydrogen-bond donors (Lipinski definition) is 1. The van der Waals surface area contributed by atoms with Crippen molar-refractivity contribution in [3.05, 3.63) is 0 Å². The van der Waals surface area contributed by atoms with E-state index < -0.39 is 23.9 Å². The van der Waals surface area contributed by atoms with Crippen LogP contribution in [0.15, 0.2) is 0 Å². The number of carbonyl (C=O) groups excluding carboxylic acids is 2. The Balaban J connectivity index is 4.56. The lowest BCUT2D eigenvalue weighted by atomic mass is 10.00. The van der Waals surface area contributed by atoms with Crippen LogP contribution >= 0.6 is 0 Å². The highest BCUT2D eigenvalue weighted by Gasteiger charge is 2.44. The molecule has 13 heavy (non-hydrogen) atoms. The van der Waals surface area contributed by atoms with Crippen molar-refractivity contribution in [1.29, 1.82) is 0 Å². The van der Waals surface area contributed by atoms with Crippen LogP contribution in [0.2, 0.25) is 0 Å². The first-order valence-electron chi connectivity index (χ1n) is 3.61. The first-order valence-corrected chi connectivity index (χ1v) is 3.61. The fourth-order valence-corrected chi connectivity index (χ4v) is 0.821. The van der Waals surface area contributed by atoms with Gasteiger partial charge in [0.1, 0.15) is 0 Å². The lowest BCUT2D eigenvalue weighted by Crippen LogP contribution is -2.46. The molecule has 0 radical (unpaired) electrons. The second-order valence-corrected chi connectivity index (χ2v) is 2.87. The molecule has 0 aliphatic heterocycles. The summed E-state index contributed by atoms with van der Waals surface area (Å²) in [6, 6.07) is -1.49. The zero-order valence-electron chi connectivity index (χ0n) is 7.18. The standard InChI is InChI=1S/C7H10F3NO2/c1-4(2)5(11-3-12)6(13)7(8,9)10/h3-5H,1-2H3,(H,11,12). The molecule has 0 saturated carbocycles. The van der Waals surface area contributed by atoms with Gasteiger partial charge < -0.3 is 5.32 Å². The molecule has 0 fully saturated rings. The molecular weight excluding hydrogens is 187 g/mol. The molecule has 6 heteroatoms. The molecular formula is C7H10F3NO2. The Morgan fingerprint density at radius 1 is 1.38 bits per heavy atom. The van der Waals surface area contributed by atoms with E-state index >= 15 is 0 Å². The van der Waals surface area contributed by atoms with Crippen LogP contribution in [0.25, 0.3) is 0 Å². The smallest absolute Gasteiger partial charge is 0.348 e. The lowest BCUT2D eigenvalue weighted by Gasteiger charge is -2.19. The Morgan fingerprint density at radius 2 is 1.85 bits per heavy atom. The number of halogens is 3. The molecule has 0 heterocycles. The monoisotopic (exact) mass is 197 g/mol. The van der Waals surface area contributed by atoms with Crippen molar-refractivity contribution >= 4 is 12.2 Å². The minimum atomic E-state index is -4.90. The molecule has 0 aromatic heterocycles. The highest BCUT2D eigenvalue weighted by Crippen LogP contribution is 2.20. The number of carbonyl (C=O) groups is 2. The average Bonchev–Trinajstić information content (AvgIpc) is 1.96. The number of Topliss-reactive ketones (excluding diaryl/α,β-unsaturated/α-hetero) is 1. The summed E-state index contributed by atoms with van der Waals surface area (Å²) in [7, 11) is 0. The van der Waals surface area contributed by atoms with E-state index in [1.807, 2.05) is 5.32 Å². The van der Waals surface area contributed by atoms with Gasteiger partial charge >= 0.3 is 6.18 Å². The number of alkyl halides is 3. The minimum absolute atomic E-state index is 0.0916. The van der Waals surface area contributed by atoms with Gasteiger partial charge in [-0.3, -0.25) is 9.59 Å². The Bertz CT molecular complexity index is 200. The van der Waals surface area contributed by atoms with Crippen molar-refractivity contribution < 1.29 is 22.8 Å². The minimum Gasteiger partial charge on any atom is -0.348 e. The molecule has 0 aliphatic carbocycles. The molecule has 3 nitrogen and oxygen atoms in total. The molecule has 1 amide bonds. The predicted octanol–water partition coefficient (Wildman–Crippen LogP) is 0.888. The molecule has 0 spiro atoms. The van der Waals surface area contributed by atoms with E-state index in [9.17, 15) is 22.8 Å². The van der Waals surface area contributed by atoms with Crippen LogP contribution in [0.1, 0.15) is 13.8 Å². The van der Waals surface area contributed by atoms with Gasteiger partial charge in [0.15, 0.2) is 0 Å². The number of hydrogen-bond acceptors (Lipinski definition) is 2. The van der Waals surface area contributed by atoms with Crippen molar-refractivity contribution in [2.24, 2.45) is 5.92 Å². The maximum atomic E-state index is 11.9. The van der Waals surface area contributed by atoms with Gasteiger partial charge in [0.2, 0.25) is 6.41 Å². The van der Waals surface area contributed by atoms with E-state index in [-0.39, 0.29) is 6.41 Å². The van der Waals surface area contributed by atoms with Crippen LogP contribution < -0.4 is 5.32 Å². The van der Waals surface area contributed by atoms with Crippen molar-refractivity contribution in [2.75, 3.05) is 0 Å². The van der Waals surface area contributed by atoms with E-state index in [2.05, 4.69) is 0 Å². The molecule has 1 N–H and O–H groups in total. The summed E-state index contributed by atoms with van der Waals surface area (Å²) in [5.41, 5.74) is 0. The fourth-order valence-electron chi connectivity index (χ4n) is 0.821. The molecule has 0 bridgehead atoms. The van der Waals surface area contributed by atoms with Gasteiger partial charge in [0.05, 0.1) is 6.04 Å². The number of amides is 1. The third-order valence-electron chi connectivity index (χ3n) is 1.48. The average molecular weight is 197 g/mol. The second kappa shape index (κ2) is 4.25. The molecule has 1 unspecified atom stereocenters. The van der Waals surface area contributed by atoms with Crippen molar-refractivity contribution in [3.8, 4) is 0 Å². The highest BCUT2D eigenvalue weighted by atomic mass is 19.4.